The van der Waals surface area contributed by atoms with Gasteiger partial charge in [0, 0.05) is 11.8 Å². The van der Waals surface area contributed by atoms with E-state index in [0.717, 1.165) is 33.8 Å². The molecule has 0 fully saturated rings. The Kier molecular flexibility index (Phi) is 5.85. The number of hydrogen-bond acceptors (Lipinski definition) is 4. The minimum atomic E-state index is -2.94. The Morgan fingerprint density at radius 1 is 0.783 bits per heavy atom. The average Bonchev–Trinajstić information content (AvgIpc) is 2.48. The van der Waals surface area contributed by atoms with E-state index in [1.54, 1.807) is 0 Å². The molecule has 0 saturated heterocycles. The normalized spacial score (nSPS) is 11.3. The third-order valence-electron chi connectivity index (χ3n) is 3.51. The SMILES string of the molecule is CCOP(=S)(Oc1c(C)cccc1C)Oc1c(C)cccc1C. The van der Waals surface area contributed by atoms with Crippen LogP contribution in [0.25, 0.3) is 0 Å². The monoisotopic (exact) mass is 350 g/mol. The molecule has 0 aliphatic rings. The molecule has 0 aromatic heterocycles. The molecule has 0 radical (unpaired) electrons. The zero-order valence-corrected chi connectivity index (χ0v) is 16.0. The van der Waals surface area contributed by atoms with Crippen LogP contribution in [-0.2, 0) is 16.3 Å². The highest BCUT2D eigenvalue weighted by atomic mass is 32.5. The molecule has 23 heavy (non-hydrogen) atoms. The average molecular weight is 350 g/mol. The van der Waals surface area contributed by atoms with Gasteiger partial charge in [0.05, 0.1) is 6.61 Å². The van der Waals surface area contributed by atoms with Gasteiger partial charge in [0.25, 0.3) is 0 Å². The van der Waals surface area contributed by atoms with Crippen LogP contribution in [0.15, 0.2) is 36.4 Å². The van der Waals surface area contributed by atoms with Gasteiger partial charge in [-0.2, -0.15) is 0 Å². The Hall–Kier alpha value is -1.35. The Balaban J connectivity index is 2.38. The molecule has 0 unspecified atom stereocenters. The molecule has 0 heterocycles. The predicted octanol–water partition coefficient (Wildman–Crippen LogP) is 5.64. The first-order valence-corrected chi connectivity index (χ1v) is 10.2. The van der Waals surface area contributed by atoms with Gasteiger partial charge in [0.15, 0.2) is 0 Å². The second-order valence-corrected chi connectivity index (χ2v) is 8.35. The number of para-hydroxylation sites is 2. The van der Waals surface area contributed by atoms with Crippen molar-refractivity contribution in [1.29, 1.82) is 0 Å². The van der Waals surface area contributed by atoms with Gasteiger partial charge in [-0.3, -0.25) is 4.52 Å². The van der Waals surface area contributed by atoms with E-state index in [1.165, 1.54) is 0 Å². The highest BCUT2D eigenvalue weighted by molar-refractivity contribution is 8.07. The molecule has 5 heteroatoms. The topological polar surface area (TPSA) is 27.7 Å². The molecular formula is C18H23O3PS. The molecule has 2 aromatic carbocycles. The molecule has 2 aromatic rings. The zero-order chi connectivity index (χ0) is 17.0. The lowest BCUT2D eigenvalue weighted by molar-refractivity contribution is 0.275. The van der Waals surface area contributed by atoms with Crippen LogP contribution in [-0.4, -0.2) is 6.61 Å². The highest BCUT2D eigenvalue weighted by Gasteiger charge is 2.27. The van der Waals surface area contributed by atoms with E-state index < -0.39 is 6.72 Å². The Morgan fingerprint density at radius 3 is 1.43 bits per heavy atom. The number of aryl methyl sites for hydroxylation is 4. The fraction of sp³-hybridized carbons (Fsp3) is 0.333. The second-order valence-electron chi connectivity index (χ2n) is 5.49. The Bertz CT molecular complexity index is 645. The first kappa shape index (κ1) is 18.0. The quantitative estimate of drug-likeness (QED) is 0.630. The third kappa shape index (κ3) is 4.35. The lowest BCUT2D eigenvalue weighted by Crippen LogP contribution is -2.07. The van der Waals surface area contributed by atoms with Crippen LogP contribution >= 0.6 is 6.72 Å². The largest absolute Gasteiger partial charge is 0.434 e. The summed E-state index contributed by atoms with van der Waals surface area (Å²) >= 11 is 5.65. The summed E-state index contributed by atoms with van der Waals surface area (Å²) in [6.07, 6.45) is 0. The van der Waals surface area contributed by atoms with E-state index in [9.17, 15) is 0 Å². The van der Waals surface area contributed by atoms with Crippen LogP contribution in [0.1, 0.15) is 29.2 Å². The standard InChI is InChI=1S/C18H23O3PS/c1-6-19-22(23,20-17-13(2)9-7-10-14(17)3)21-18-15(4)11-8-12-16(18)5/h7-12H,6H2,1-5H3. The Morgan fingerprint density at radius 2 is 1.13 bits per heavy atom. The van der Waals surface area contributed by atoms with Crippen LogP contribution in [0, 0.1) is 27.7 Å². The first-order valence-electron chi connectivity index (χ1n) is 7.62. The summed E-state index contributed by atoms with van der Waals surface area (Å²) in [5.74, 6) is 1.49. The molecule has 124 valence electrons. The van der Waals surface area contributed by atoms with Crippen molar-refractivity contribution in [2.45, 2.75) is 34.6 Å². The van der Waals surface area contributed by atoms with Gasteiger partial charge in [-0.15, -0.1) is 0 Å². The van der Waals surface area contributed by atoms with Crippen LogP contribution in [0.3, 0.4) is 0 Å². The van der Waals surface area contributed by atoms with E-state index in [4.69, 9.17) is 25.4 Å². The molecule has 0 spiro atoms. The van der Waals surface area contributed by atoms with Crippen LogP contribution in [0.2, 0.25) is 0 Å². The lowest BCUT2D eigenvalue weighted by atomic mass is 10.1. The minimum Gasteiger partial charge on any atom is -0.415 e. The van der Waals surface area contributed by atoms with Gasteiger partial charge >= 0.3 is 6.72 Å². The molecular weight excluding hydrogens is 327 g/mol. The number of rotatable bonds is 6. The fourth-order valence-corrected chi connectivity index (χ4v) is 4.58. The van der Waals surface area contributed by atoms with Gasteiger partial charge in [-0.25, -0.2) is 0 Å². The van der Waals surface area contributed by atoms with E-state index in [0.29, 0.717) is 6.61 Å². The smallest absolute Gasteiger partial charge is 0.415 e. The van der Waals surface area contributed by atoms with Crippen molar-refractivity contribution >= 4 is 18.5 Å². The summed E-state index contributed by atoms with van der Waals surface area (Å²) in [4.78, 5) is 0. The summed E-state index contributed by atoms with van der Waals surface area (Å²) < 4.78 is 17.9. The predicted molar refractivity (Wildman–Crippen MR) is 99.0 cm³/mol. The molecule has 0 bridgehead atoms. The van der Waals surface area contributed by atoms with Gasteiger partial charge < -0.3 is 9.05 Å². The second kappa shape index (κ2) is 7.48. The minimum absolute atomic E-state index is 0.438. The Labute approximate surface area is 143 Å². The highest BCUT2D eigenvalue weighted by Crippen LogP contribution is 2.52. The zero-order valence-electron chi connectivity index (χ0n) is 14.3. The van der Waals surface area contributed by atoms with E-state index in [1.807, 2.05) is 71.0 Å². The summed E-state index contributed by atoms with van der Waals surface area (Å²) in [7, 11) is 0. The summed E-state index contributed by atoms with van der Waals surface area (Å²) in [5, 5.41) is 0. The van der Waals surface area contributed by atoms with Crippen LogP contribution in [0.4, 0.5) is 0 Å². The van der Waals surface area contributed by atoms with Crippen LogP contribution in [0.5, 0.6) is 11.5 Å². The molecule has 0 amide bonds. The maximum Gasteiger partial charge on any atom is 0.434 e. The first-order chi connectivity index (χ1) is 10.9. The summed E-state index contributed by atoms with van der Waals surface area (Å²) in [6, 6.07) is 12.0. The van der Waals surface area contributed by atoms with Crippen molar-refractivity contribution in [3.05, 3.63) is 58.7 Å². The summed E-state index contributed by atoms with van der Waals surface area (Å²) in [5.41, 5.74) is 4.07. The van der Waals surface area contributed by atoms with Crippen molar-refractivity contribution in [3.63, 3.8) is 0 Å². The molecule has 3 nitrogen and oxygen atoms in total. The molecule has 0 aliphatic heterocycles. The van der Waals surface area contributed by atoms with Crippen LogP contribution < -0.4 is 9.05 Å². The molecule has 0 N–H and O–H groups in total. The van der Waals surface area contributed by atoms with Crippen molar-refractivity contribution in [2.75, 3.05) is 6.61 Å². The molecule has 0 aliphatic carbocycles. The van der Waals surface area contributed by atoms with Gasteiger partial charge in [0.1, 0.15) is 11.5 Å². The van der Waals surface area contributed by atoms with Crippen molar-refractivity contribution in [2.24, 2.45) is 0 Å². The summed E-state index contributed by atoms with van der Waals surface area (Å²) in [6.45, 7) is 7.36. The van der Waals surface area contributed by atoms with E-state index in [2.05, 4.69) is 0 Å². The fourth-order valence-electron chi connectivity index (χ4n) is 2.34. The maximum absolute atomic E-state index is 6.10. The van der Waals surface area contributed by atoms with Gasteiger partial charge in [0.2, 0.25) is 0 Å². The van der Waals surface area contributed by atoms with E-state index >= 15 is 0 Å². The van der Waals surface area contributed by atoms with E-state index in [-0.39, 0.29) is 0 Å². The molecule has 0 saturated carbocycles. The van der Waals surface area contributed by atoms with Crippen molar-refractivity contribution in [3.8, 4) is 11.5 Å². The van der Waals surface area contributed by atoms with Crippen molar-refractivity contribution in [1.82, 2.24) is 0 Å². The maximum atomic E-state index is 6.10. The third-order valence-corrected chi connectivity index (χ3v) is 5.66. The van der Waals surface area contributed by atoms with Crippen molar-refractivity contribution < 1.29 is 13.6 Å². The van der Waals surface area contributed by atoms with Gasteiger partial charge in [-0.05, 0) is 56.9 Å². The van der Waals surface area contributed by atoms with Gasteiger partial charge in [-0.1, -0.05) is 36.4 Å². The molecule has 0 atom stereocenters. The number of hydrogen-bond donors (Lipinski definition) is 0. The lowest BCUT2D eigenvalue weighted by Gasteiger charge is -2.25. The molecule has 2 rings (SSSR count). The number of benzene rings is 2.